The van der Waals surface area contributed by atoms with Crippen molar-refractivity contribution in [2.45, 2.75) is 57.9 Å². The van der Waals surface area contributed by atoms with E-state index in [1.54, 1.807) is 6.07 Å². The lowest BCUT2D eigenvalue weighted by molar-refractivity contribution is -0.121. The Morgan fingerprint density at radius 1 is 1.03 bits per heavy atom. The number of nitrogens with one attached hydrogen (secondary N) is 1. The molecular formula is C28H35N3O3. The third kappa shape index (κ3) is 3.55. The first-order valence-corrected chi connectivity index (χ1v) is 12.4. The van der Waals surface area contributed by atoms with Crippen molar-refractivity contribution < 1.29 is 14.7 Å². The first kappa shape index (κ1) is 22.8. The average Bonchev–Trinajstić information content (AvgIpc) is 2.82. The molecule has 0 aromatic heterocycles. The molecule has 3 aliphatic rings. The fourth-order valence-corrected chi connectivity index (χ4v) is 6.47. The number of fused-ring (bicyclic) bond motifs is 4. The van der Waals surface area contributed by atoms with E-state index in [2.05, 4.69) is 32.2 Å². The molecule has 2 saturated heterocycles. The molecule has 0 radical (unpaired) electrons. The molecule has 5 rings (SSSR count). The lowest BCUT2D eigenvalue weighted by Gasteiger charge is -2.61. The summed E-state index contributed by atoms with van der Waals surface area (Å²) in [6.45, 7) is 8.61. The number of amides is 3. The molecule has 180 valence electrons. The summed E-state index contributed by atoms with van der Waals surface area (Å²) in [5.74, 6) is 0.0954. The monoisotopic (exact) mass is 461 g/mol. The lowest BCUT2D eigenvalue weighted by atomic mass is 9.51. The lowest BCUT2D eigenvalue weighted by Crippen LogP contribution is -2.66. The van der Waals surface area contributed by atoms with Gasteiger partial charge >= 0.3 is 6.03 Å². The van der Waals surface area contributed by atoms with Crippen molar-refractivity contribution >= 4 is 17.6 Å². The number of hydrogen-bond acceptors (Lipinski definition) is 3. The molecule has 2 aliphatic heterocycles. The third-order valence-electron chi connectivity index (χ3n) is 8.98. The van der Waals surface area contributed by atoms with Crippen LogP contribution in [0.3, 0.4) is 0 Å². The molecule has 6 heteroatoms. The van der Waals surface area contributed by atoms with Crippen molar-refractivity contribution in [2.24, 2.45) is 11.3 Å². The number of carbonyl (C=O) groups excluding carboxylic acids is 2. The summed E-state index contributed by atoms with van der Waals surface area (Å²) in [7, 11) is 0. The van der Waals surface area contributed by atoms with Crippen LogP contribution < -0.4 is 5.32 Å². The maximum absolute atomic E-state index is 13.8. The Morgan fingerprint density at radius 3 is 2.56 bits per heavy atom. The fourth-order valence-electron chi connectivity index (χ4n) is 6.47. The quantitative estimate of drug-likeness (QED) is 0.676. The Bertz CT molecular complexity index is 1100. The van der Waals surface area contributed by atoms with Crippen molar-refractivity contribution in [3.63, 3.8) is 0 Å². The number of likely N-dealkylation sites (tertiary alicyclic amines) is 2. The zero-order valence-corrected chi connectivity index (χ0v) is 20.4. The standard InChI is InChI=1S/C28H35N3O3/c1-27(2)24-17-21-22(12-7-13-23(21)32)28(27,3)14-16-31(24)26(34)30-15-8-9-19(18-30)25(33)29-20-10-5-4-6-11-20/h4-7,10-13,19,24,32H,8-9,14-18H2,1-3H3,(H,29,33)/t19?,24-,28+/m1/s1. The van der Waals surface area contributed by atoms with Crippen LogP contribution in [0.25, 0.3) is 0 Å². The van der Waals surface area contributed by atoms with Crippen molar-refractivity contribution in [1.82, 2.24) is 9.80 Å². The normalized spacial score (nSPS) is 27.6. The minimum Gasteiger partial charge on any atom is -0.508 e. The fraction of sp³-hybridized carbons (Fsp3) is 0.500. The van der Waals surface area contributed by atoms with Gasteiger partial charge in [0, 0.05) is 36.8 Å². The van der Waals surface area contributed by atoms with Crippen LogP contribution in [-0.4, -0.2) is 52.5 Å². The van der Waals surface area contributed by atoms with Gasteiger partial charge in [0.25, 0.3) is 0 Å². The second-order valence-electron chi connectivity index (χ2n) is 10.9. The van der Waals surface area contributed by atoms with E-state index in [9.17, 15) is 14.7 Å². The minimum atomic E-state index is -0.211. The highest BCUT2D eigenvalue weighted by Gasteiger charge is 2.57. The Labute approximate surface area is 201 Å². The molecule has 2 aromatic carbocycles. The molecule has 3 atom stereocenters. The summed E-state index contributed by atoms with van der Waals surface area (Å²) in [5.41, 5.74) is 2.73. The highest BCUT2D eigenvalue weighted by molar-refractivity contribution is 5.93. The van der Waals surface area contributed by atoms with Gasteiger partial charge in [-0.15, -0.1) is 0 Å². The van der Waals surface area contributed by atoms with Crippen molar-refractivity contribution in [1.29, 1.82) is 0 Å². The zero-order chi connectivity index (χ0) is 24.1. The molecule has 6 nitrogen and oxygen atoms in total. The van der Waals surface area contributed by atoms with Gasteiger partial charge in [-0.05, 0) is 60.4 Å². The third-order valence-corrected chi connectivity index (χ3v) is 8.98. The minimum absolute atomic E-state index is 0.00179. The number of para-hydroxylation sites is 1. The first-order chi connectivity index (χ1) is 16.2. The van der Waals surface area contributed by atoms with Gasteiger partial charge in [-0.1, -0.05) is 51.1 Å². The summed E-state index contributed by atoms with van der Waals surface area (Å²) in [4.78, 5) is 30.6. The molecule has 3 amide bonds. The van der Waals surface area contributed by atoms with Crippen molar-refractivity contribution in [2.75, 3.05) is 25.0 Å². The van der Waals surface area contributed by atoms with Crippen molar-refractivity contribution in [3.05, 3.63) is 59.7 Å². The molecule has 34 heavy (non-hydrogen) atoms. The number of piperidine rings is 2. The molecule has 2 N–H and O–H groups in total. The molecule has 0 spiro atoms. The number of benzene rings is 2. The van der Waals surface area contributed by atoms with Crippen LogP contribution in [0, 0.1) is 11.3 Å². The van der Waals surface area contributed by atoms with Crippen LogP contribution in [0.5, 0.6) is 5.75 Å². The SMILES string of the molecule is CC1(C)[C@H]2Cc3c(O)cccc3[C@]1(C)CCN2C(=O)N1CCCC(C(=O)Nc2ccccc2)C1. The summed E-state index contributed by atoms with van der Waals surface area (Å²) < 4.78 is 0. The summed E-state index contributed by atoms with van der Waals surface area (Å²) in [5, 5.41) is 13.6. The summed E-state index contributed by atoms with van der Waals surface area (Å²) in [6, 6.07) is 15.3. The second-order valence-corrected chi connectivity index (χ2v) is 10.9. The molecule has 2 fully saturated rings. The highest BCUT2D eigenvalue weighted by atomic mass is 16.3. The van der Waals surface area contributed by atoms with Crippen LogP contribution in [0.2, 0.25) is 0 Å². The van der Waals surface area contributed by atoms with E-state index in [0.29, 0.717) is 31.8 Å². The van der Waals surface area contributed by atoms with Gasteiger partial charge in [0.15, 0.2) is 0 Å². The number of carbonyl (C=O) groups is 2. The van der Waals surface area contributed by atoms with E-state index >= 15 is 0 Å². The first-order valence-electron chi connectivity index (χ1n) is 12.4. The Morgan fingerprint density at radius 2 is 1.79 bits per heavy atom. The predicted octanol–water partition coefficient (Wildman–Crippen LogP) is 4.78. The number of anilines is 1. The van der Waals surface area contributed by atoms with E-state index in [0.717, 1.165) is 30.5 Å². The van der Waals surface area contributed by atoms with E-state index < -0.39 is 0 Å². The average molecular weight is 462 g/mol. The Balaban J connectivity index is 1.35. The molecule has 1 unspecified atom stereocenters. The van der Waals surface area contributed by atoms with Gasteiger partial charge in [0.05, 0.1) is 5.92 Å². The van der Waals surface area contributed by atoms with Gasteiger partial charge in [-0.3, -0.25) is 4.79 Å². The Hall–Kier alpha value is -3.02. The molecule has 1 aliphatic carbocycles. The molecular weight excluding hydrogens is 426 g/mol. The van der Waals surface area contributed by atoms with E-state index in [-0.39, 0.29) is 34.7 Å². The van der Waals surface area contributed by atoms with Gasteiger partial charge in [0.2, 0.25) is 5.91 Å². The zero-order valence-electron chi connectivity index (χ0n) is 20.4. The maximum Gasteiger partial charge on any atom is 0.320 e. The number of nitrogens with zero attached hydrogens (tertiary/aromatic N) is 2. The number of phenolic OH excluding ortho intramolecular Hbond substituents is 1. The van der Waals surface area contributed by atoms with Gasteiger partial charge in [-0.2, -0.15) is 0 Å². The predicted molar refractivity (Wildman–Crippen MR) is 133 cm³/mol. The Kier molecular flexibility index (Phi) is 5.58. The highest BCUT2D eigenvalue weighted by Crippen LogP contribution is 2.57. The maximum atomic E-state index is 13.8. The topological polar surface area (TPSA) is 72.9 Å². The molecule has 2 aromatic rings. The number of rotatable bonds is 2. The molecule has 0 saturated carbocycles. The van der Waals surface area contributed by atoms with Crippen molar-refractivity contribution in [3.8, 4) is 5.75 Å². The summed E-state index contributed by atoms with van der Waals surface area (Å²) >= 11 is 0. The van der Waals surface area contributed by atoms with E-state index in [1.807, 2.05) is 46.2 Å². The number of phenols is 1. The van der Waals surface area contributed by atoms with Crippen LogP contribution >= 0.6 is 0 Å². The molecule has 2 bridgehead atoms. The van der Waals surface area contributed by atoms with Crippen LogP contribution in [0.1, 0.15) is 51.2 Å². The van der Waals surface area contributed by atoms with Crippen LogP contribution in [-0.2, 0) is 16.6 Å². The second kappa shape index (κ2) is 8.33. The summed E-state index contributed by atoms with van der Waals surface area (Å²) in [6.07, 6.45) is 3.12. The van der Waals surface area contributed by atoms with E-state index in [1.165, 1.54) is 5.56 Å². The van der Waals surface area contributed by atoms with Gasteiger partial charge < -0.3 is 20.2 Å². The number of aromatic hydroxyl groups is 1. The van der Waals surface area contributed by atoms with Gasteiger partial charge in [0.1, 0.15) is 5.75 Å². The molecule has 2 heterocycles. The smallest absolute Gasteiger partial charge is 0.320 e. The van der Waals surface area contributed by atoms with Gasteiger partial charge in [-0.25, -0.2) is 4.79 Å². The number of hydrogen-bond donors (Lipinski definition) is 2. The number of urea groups is 1. The van der Waals surface area contributed by atoms with E-state index in [4.69, 9.17) is 0 Å². The van der Waals surface area contributed by atoms with Crippen LogP contribution in [0.4, 0.5) is 10.5 Å². The largest absolute Gasteiger partial charge is 0.508 e. The van der Waals surface area contributed by atoms with Crippen LogP contribution in [0.15, 0.2) is 48.5 Å².